The van der Waals surface area contributed by atoms with Gasteiger partial charge in [0, 0.05) is 40.5 Å². The van der Waals surface area contributed by atoms with E-state index < -0.39 is 6.98 Å². The van der Waals surface area contributed by atoms with Gasteiger partial charge >= 0.3 is 0 Å². The zero-order chi connectivity index (χ0) is 16.2. The van der Waals surface area contributed by atoms with Gasteiger partial charge in [-0.15, -0.1) is 0 Å². The maximum absolute atomic E-state index is 7.53. The summed E-state index contributed by atoms with van der Waals surface area (Å²) in [6.45, 7) is 0.102. The fourth-order valence-electron chi connectivity index (χ4n) is 2.68. The Hall–Kier alpha value is -2.49. The predicted octanol–water partition coefficient (Wildman–Crippen LogP) is 3.47. The number of hydrogen-bond donors (Lipinski definition) is 0. The molecule has 4 nitrogen and oxygen atoms in total. The third kappa shape index (κ3) is 1.51. The normalized spacial score (nSPS) is 17.8. The van der Waals surface area contributed by atoms with Crippen LogP contribution in [0.25, 0.3) is 22.1 Å². The second kappa shape index (κ2) is 4.00. The van der Waals surface area contributed by atoms with Crippen molar-refractivity contribution in [2.45, 2.75) is 6.92 Å². The third-order valence-corrected chi connectivity index (χ3v) is 3.61. The zero-order valence-electron chi connectivity index (χ0n) is 14.0. The molecule has 4 heteroatoms. The number of hydrogen-bond acceptors (Lipinski definition) is 4. The monoisotopic (exact) mass is 268 g/mol. The lowest BCUT2D eigenvalue weighted by Crippen LogP contribution is -2.22. The van der Waals surface area contributed by atoms with Crippen LogP contribution in [0.15, 0.2) is 47.3 Å². The second-order valence-electron chi connectivity index (χ2n) is 4.95. The van der Waals surface area contributed by atoms with E-state index in [1.54, 1.807) is 18.6 Å². The molecule has 0 spiro atoms. The van der Waals surface area contributed by atoms with E-state index >= 15 is 0 Å². The van der Waals surface area contributed by atoms with Gasteiger partial charge in [-0.05, 0) is 24.6 Å². The van der Waals surface area contributed by atoms with Crippen molar-refractivity contribution in [1.82, 2.24) is 9.88 Å². The molecule has 4 rings (SSSR count). The molecule has 0 aliphatic carbocycles. The maximum atomic E-state index is 7.53. The van der Waals surface area contributed by atoms with Crippen molar-refractivity contribution in [3.63, 3.8) is 0 Å². The number of pyridine rings is 1. The number of nitrogens with zero attached hydrogens (tertiary/aromatic N) is 3. The van der Waals surface area contributed by atoms with Crippen molar-refractivity contribution in [1.29, 1.82) is 0 Å². The van der Waals surface area contributed by atoms with Gasteiger partial charge in [-0.1, -0.05) is 12.1 Å². The number of aromatic nitrogens is 1. The van der Waals surface area contributed by atoms with E-state index in [4.69, 9.17) is 8.53 Å². The number of aryl methyl sites for hydroxylation is 1. The molecule has 1 aliphatic heterocycles. The second-order valence-corrected chi connectivity index (χ2v) is 4.95. The summed E-state index contributed by atoms with van der Waals surface area (Å²) >= 11 is 0. The van der Waals surface area contributed by atoms with Gasteiger partial charge in [0.2, 0.25) is 5.71 Å². The van der Waals surface area contributed by atoms with E-state index in [9.17, 15) is 0 Å². The number of benzene rings is 1. The molecule has 0 saturated carbocycles. The van der Waals surface area contributed by atoms with Gasteiger partial charge in [-0.3, -0.25) is 0 Å². The maximum Gasteiger partial charge on any atom is 0.227 e. The summed E-state index contributed by atoms with van der Waals surface area (Å²) < 4.78 is 28.6. The smallest absolute Gasteiger partial charge is 0.227 e. The Morgan fingerprint density at radius 3 is 3.05 bits per heavy atom. The first kappa shape index (κ1) is 8.64. The highest BCUT2D eigenvalue weighted by Crippen LogP contribution is 2.37. The molecule has 0 radical (unpaired) electrons. The molecule has 0 saturated heterocycles. The topological polar surface area (TPSA) is 32.5 Å². The van der Waals surface area contributed by atoms with Crippen LogP contribution in [0, 0.1) is 6.92 Å². The largest absolute Gasteiger partial charge is 0.435 e. The van der Waals surface area contributed by atoms with Crippen molar-refractivity contribution in [2.75, 3.05) is 18.5 Å². The van der Waals surface area contributed by atoms with Gasteiger partial charge in [-0.2, -0.15) is 0 Å². The summed E-state index contributed by atoms with van der Waals surface area (Å²) in [5.74, 6) is 0. The molecule has 0 amide bonds. The highest BCUT2D eigenvalue weighted by Gasteiger charge is 2.20. The predicted molar refractivity (Wildman–Crippen MR) is 80.5 cm³/mol. The SMILES string of the molecule is [2H]C([2H])([2H])N1C=CN(c2c(C)ccc3c2oc2ncccc23)C1. The summed E-state index contributed by atoms with van der Waals surface area (Å²) in [5, 5.41) is 1.94. The third-order valence-electron chi connectivity index (χ3n) is 3.61. The lowest BCUT2D eigenvalue weighted by Gasteiger charge is -2.20. The summed E-state index contributed by atoms with van der Waals surface area (Å²) in [5.41, 5.74) is 3.22. The Balaban J connectivity index is 1.87. The molecule has 100 valence electrons. The molecule has 2 aromatic heterocycles. The highest BCUT2D eigenvalue weighted by molar-refractivity contribution is 6.08. The fourth-order valence-corrected chi connectivity index (χ4v) is 2.68. The molecule has 1 aromatic carbocycles. The molecule has 0 bridgehead atoms. The Morgan fingerprint density at radius 2 is 2.20 bits per heavy atom. The first-order chi connectivity index (χ1) is 10.9. The minimum absolute atomic E-state index is 0.265. The molecule has 3 aromatic rings. The van der Waals surface area contributed by atoms with E-state index in [1.807, 2.05) is 36.1 Å². The van der Waals surface area contributed by atoms with E-state index in [-0.39, 0.29) is 6.67 Å². The Bertz CT molecular complexity index is 929. The quantitative estimate of drug-likeness (QED) is 0.676. The Labute approximate surface area is 121 Å². The minimum atomic E-state index is -2.15. The average Bonchev–Trinajstić information content (AvgIpc) is 3.10. The van der Waals surface area contributed by atoms with Crippen molar-refractivity contribution >= 4 is 27.8 Å². The van der Waals surface area contributed by atoms with E-state index in [2.05, 4.69) is 4.98 Å². The lowest BCUT2D eigenvalue weighted by atomic mass is 10.1. The molecule has 0 N–H and O–H groups in total. The minimum Gasteiger partial charge on any atom is -0.435 e. The molecule has 20 heavy (non-hydrogen) atoms. The van der Waals surface area contributed by atoms with Crippen LogP contribution in [0.3, 0.4) is 0 Å². The van der Waals surface area contributed by atoms with Gasteiger partial charge < -0.3 is 14.2 Å². The Kier molecular flexibility index (Phi) is 1.73. The van der Waals surface area contributed by atoms with Crippen LogP contribution in [-0.4, -0.2) is 23.5 Å². The zero-order valence-corrected chi connectivity index (χ0v) is 11.0. The average molecular weight is 268 g/mol. The van der Waals surface area contributed by atoms with Crippen LogP contribution in [0.1, 0.15) is 9.68 Å². The molecule has 0 fully saturated rings. The van der Waals surface area contributed by atoms with Gasteiger partial charge in [0.25, 0.3) is 0 Å². The van der Waals surface area contributed by atoms with Gasteiger partial charge in [0.15, 0.2) is 5.58 Å². The molecule has 0 unspecified atom stereocenters. The van der Waals surface area contributed by atoms with Crippen LogP contribution >= 0.6 is 0 Å². The fraction of sp³-hybridized carbons (Fsp3) is 0.188. The summed E-state index contributed by atoms with van der Waals surface area (Å²) in [7, 11) is 0. The first-order valence-corrected chi connectivity index (χ1v) is 6.44. The van der Waals surface area contributed by atoms with Crippen molar-refractivity contribution < 1.29 is 8.53 Å². The lowest BCUT2D eigenvalue weighted by molar-refractivity contribution is 0.495. The molecular weight excluding hydrogens is 250 g/mol. The molecule has 1 aliphatic rings. The van der Waals surface area contributed by atoms with Crippen LogP contribution < -0.4 is 4.90 Å². The summed E-state index contributed by atoms with van der Waals surface area (Å²) in [4.78, 5) is 7.49. The number of anilines is 1. The van der Waals surface area contributed by atoms with Gasteiger partial charge in [0.1, 0.15) is 0 Å². The summed E-state index contributed by atoms with van der Waals surface area (Å²) in [6.07, 6.45) is 5.06. The molecule has 3 heterocycles. The first-order valence-electron chi connectivity index (χ1n) is 7.94. The van der Waals surface area contributed by atoms with E-state index in [0.717, 1.165) is 27.6 Å². The van der Waals surface area contributed by atoms with Crippen molar-refractivity contribution in [3.05, 3.63) is 48.4 Å². The Morgan fingerprint density at radius 1 is 1.25 bits per heavy atom. The van der Waals surface area contributed by atoms with Crippen molar-refractivity contribution in [3.8, 4) is 0 Å². The van der Waals surface area contributed by atoms with E-state index in [1.165, 1.54) is 4.90 Å². The van der Waals surface area contributed by atoms with E-state index in [0.29, 0.717) is 5.71 Å². The van der Waals surface area contributed by atoms with Crippen LogP contribution in [-0.2, 0) is 0 Å². The standard InChI is InChI=1S/C16H15N3O/c1-11-5-6-12-13-4-3-7-17-16(13)20-15(12)14(11)19-9-8-18(2)10-19/h3-9H,10H2,1-2H3/i2D3. The van der Waals surface area contributed by atoms with Gasteiger partial charge in [-0.25, -0.2) is 4.98 Å². The number of furan rings is 1. The number of rotatable bonds is 1. The van der Waals surface area contributed by atoms with Crippen LogP contribution in [0.5, 0.6) is 0 Å². The number of fused-ring (bicyclic) bond motifs is 3. The highest BCUT2D eigenvalue weighted by atomic mass is 16.3. The molecular formula is C16H15N3O. The van der Waals surface area contributed by atoms with Gasteiger partial charge in [0.05, 0.1) is 12.4 Å². The molecule has 0 atom stereocenters. The van der Waals surface area contributed by atoms with Crippen molar-refractivity contribution in [2.24, 2.45) is 0 Å². The summed E-state index contributed by atoms with van der Waals surface area (Å²) in [6, 6.07) is 7.89. The van der Waals surface area contributed by atoms with Crippen LogP contribution in [0.2, 0.25) is 0 Å². The van der Waals surface area contributed by atoms with Crippen LogP contribution in [0.4, 0.5) is 5.69 Å².